The Morgan fingerprint density at radius 1 is 1.21 bits per heavy atom. The van der Waals surface area contributed by atoms with Gasteiger partial charge in [0, 0.05) is 23.4 Å². The predicted octanol–water partition coefficient (Wildman–Crippen LogP) is 3.71. The van der Waals surface area contributed by atoms with Crippen LogP contribution >= 0.6 is 11.8 Å². The Hall–Kier alpha value is -1.00. The lowest BCUT2D eigenvalue weighted by Crippen LogP contribution is -2.44. The molecule has 2 aliphatic carbocycles. The number of rotatable bonds is 7. The maximum Gasteiger partial charge on any atom is 0.225 e. The Balaban J connectivity index is 1.63. The van der Waals surface area contributed by atoms with E-state index in [2.05, 4.69) is 35.4 Å². The number of benzene rings is 1. The average Bonchev–Trinajstić information content (AvgIpc) is 3.47. The van der Waals surface area contributed by atoms with E-state index in [1.807, 2.05) is 0 Å². The van der Waals surface area contributed by atoms with E-state index in [0.717, 1.165) is 45.2 Å². The van der Waals surface area contributed by atoms with E-state index < -0.39 is 0 Å². The summed E-state index contributed by atoms with van der Waals surface area (Å²) in [5, 5.41) is 0. The third-order valence-electron chi connectivity index (χ3n) is 5.58. The summed E-state index contributed by atoms with van der Waals surface area (Å²) < 4.78 is 0. The largest absolute Gasteiger partial charge is 0.339 e. The number of hydrogen-bond acceptors (Lipinski definition) is 3. The molecule has 0 spiro atoms. The van der Waals surface area contributed by atoms with Crippen LogP contribution in [-0.2, 0) is 11.2 Å². The van der Waals surface area contributed by atoms with E-state index in [-0.39, 0.29) is 0 Å². The molecule has 0 saturated heterocycles. The third kappa shape index (κ3) is 4.54. The third-order valence-corrected chi connectivity index (χ3v) is 6.30. The number of carbonyl (C=O) groups excluding carboxylic acids is 1. The van der Waals surface area contributed by atoms with Crippen molar-refractivity contribution < 1.29 is 4.79 Å². The lowest BCUT2D eigenvalue weighted by Gasteiger charge is -2.37. The second-order valence-electron chi connectivity index (χ2n) is 7.32. The molecular formula is C20H30N2OS. The van der Waals surface area contributed by atoms with Crippen molar-refractivity contribution in [2.45, 2.75) is 55.9 Å². The zero-order chi connectivity index (χ0) is 16.9. The molecule has 0 aromatic heterocycles. The minimum Gasteiger partial charge on any atom is -0.339 e. The van der Waals surface area contributed by atoms with E-state index >= 15 is 0 Å². The average molecular weight is 347 g/mol. The molecule has 1 aromatic carbocycles. The molecule has 0 radical (unpaired) electrons. The van der Waals surface area contributed by atoms with Gasteiger partial charge in [-0.05, 0) is 81.4 Å². The van der Waals surface area contributed by atoms with Crippen molar-refractivity contribution in [1.29, 1.82) is 0 Å². The zero-order valence-corrected chi connectivity index (χ0v) is 15.6. The Kier molecular flexibility index (Phi) is 6.23. The molecule has 24 heavy (non-hydrogen) atoms. The number of hydrogen-bond donors (Lipinski definition) is 1. The molecule has 2 N–H and O–H groups in total. The van der Waals surface area contributed by atoms with Gasteiger partial charge >= 0.3 is 0 Å². The first-order chi connectivity index (χ1) is 11.7. The van der Waals surface area contributed by atoms with Crippen LogP contribution in [-0.4, -0.2) is 36.2 Å². The monoisotopic (exact) mass is 346 g/mol. The molecule has 2 saturated carbocycles. The van der Waals surface area contributed by atoms with Crippen LogP contribution in [0.2, 0.25) is 0 Å². The molecule has 1 aromatic rings. The lowest BCUT2D eigenvalue weighted by molar-refractivity contribution is -0.135. The fourth-order valence-corrected chi connectivity index (χ4v) is 4.29. The number of thioether (sulfide) groups is 1. The van der Waals surface area contributed by atoms with Crippen LogP contribution in [0.15, 0.2) is 29.2 Å². The first-order valence-corrected chi connectivity index (χ1v) is 10.6. The Bertz CT molecular complexity index is 550. The SMILES string of the molecule is CSc1cccc(CCN(C(=O)C2CC2)C2CCC(CN)CC2)c1. The quantitative estimate of drug-likeness (QED) is 0.766. The van der Waals surface area contributed by atoms with Crippen molar-refractivity contribution >= 4 is 17.7 Å². The molecule has 0 bridgehead atoms. The van der Waals surface area contributed by atoms with Gasteiger partial charge in [0.25, 0.3) is 0 Å². The fourth-order valence-electron chi connectivity index (χ4n) is 3.81. The molecule has 132 valence electrons. The summed E-state index contributed by atoms with van der Waals surface area (Å²) in [7, 11) is 0. The summed E-state index contributed by atoms with van der Waals surface area (Å²) in [6.07, 6.45) is 9.87. The summed E-state index contributed by atoms with van der Waals surface area (Å²) in [5.74, 6) is 1.39. The highest BCUT2D eigenvalue weighted by Gasteiger charge is 2.37. The van der Waals surface area contributed by atoms with Crippen molar-refractivity contribution in [1.82, 2.24) is 4.90 Å². The van der Waals surface area contributed by atoms with Crippen LogP contribution < -0.4 is 5.73 Å². The van der Waals surface area contributed by atoms with Crippen molar-refractivity contribution in [2.75, 3.05) is 19.3 Å². The molecule has 2 fully saturated rings. The summed E-state index contributed by atoms with van der Waals surface area (Å²) in [4.78, 5) is 16.3. The summed E-state index contributed by atoms with van der Waals surface area (Å²) in [5.41, 5.74) is 7.16. The van der Waals surface area contributed by atoms with Gasteiger partial charge < -0.3 is 10.6 Å². The maximum absolute atomic E-state index is 12.8. The van der Waals surface area contributed by atoms with Gasteiger partial charge in [-0.1, -0.05) is 12.1 Å². The van der Waals surface area contributed by atoms with Gasteiger partial charge in [-0.15, -0.1) is 11.8 Å². The van der Waals surface area contributed by atoms with E-state index in [1.54, 1.807) is 11.8 Å². The van der Waals surface area contributed by atoms with Crippen LogP contribution in [0, 0.1) is 11.8 Å². The highest BCUT2D eigenvalue weighted by Crippen LogP contribution is 2.34. The summed E-state index contributed by atoms with van der Waals surface area (Å²) >= 11 is 1.78. The van der Waals surface area contributed by atoms with Gasteiger partial charge in [0.05, 0.1) is 0 Å². The first kappa shape index (κ1) is 17.8. The molecule has 0 unspecified atom stereocenters. The van der Waals surface area contributed by atoms with Crippen LogP contribution in [0.5, 0.6) is 0 Å². The van der Waals surface area contributed by atoms with E-state index in [9.17, 15) is 4.79 Å². The second kappa shape index (κ2) is 8.39. The lowest BCUT2D eigenvalue weighted by atomic mass is 9.85. The molecule has 1 amide bonds. The smallest absolute Gasteiger partial charge is 0.225 e. The minimum atomic E-state index is 0.315. The molecule has 3 nitrogen and oxygen atoms in total. The number of carbonyl (C=O) groups is 1. The van der Waals surface area contributed by atoms with Crippen molar-refractivity contribution in [3.05, 3.63) is 29.8 Å². The van der Waals surface area contributed by atoms with Gasteiger partial charge in [-0.3, -0.25) is 4.79 Å². The van der Waals surface area contributed by atoms with Crippen LogP contribution in [0.4, 0.5) is 0 Å². The Labute approximate surface area is 150 Å². The van der Waals surface area contributed by atoms with E-state index in [4.69, 9.17) is 5.73 Å². The summed E-state index contributed by atoms with van der Waals surface area (Å²) in [6, 6.07) is 9.15. The van der Waals surface area contributed by atoms with Crippen molar-refractivity contribution in [3.63, 3.8) is 0 Å². The number of amides is 1. The van der Waals surface area contributed by atoms with Gasteiger partial charge in [-0.2, -0.15) is 0 Å². The predicted molar refractivity (Wildman–Crippen MR) is 101 cm³/mol. The number of nitrogens with two attached hydrogens (primary N) is 1. The van der Waals surface area contributed by atoms with Gasteiger partial charge in [0.2, 0.25) is 5.91 Å². The second-order valence-corrected chi connectivity index (χ2v) is 8.20. The first-order valence-electron chi connectivity index (χ1n) is 9.34. The maximum atomic E-state index is 12.8. The van der Waals surface area contributed by atoms with Crippen molar-refractivity contribution in [3.8, 4) is 0 Å². The summed E-state index contributed by atoms with van der Waals surface area (Å²) in [6.45, 7) is 1.66. The molecule has 4 heteroatoms. The number of nitrogens with zero attached hydrogens (tertiary/aromatic N) is 1. The molecule has 0 aliphatic heterocycles. The molecular weight excluding hydrogens is 316 g/mol. The minimum absolute atomic E-state index is 0.315. The van der Waals surface area contributed by atoms with Gasteiger partial charge in [0.15, 0.2) is 0 Å². The molecule has 3 rings (SSSR count). The van der Waals surface area contributed by atoms with E-state index in [1.165, 1.54) is 23.3 Å². The van der Waals surface area contributed by atoms with E-state index in [0.29, 0.717) is 23.8 Å². The van der Waals surface area contributed by atoms with Crippen LogP contribution in [0.1, 0.15) is 44.1 Å². The molecule has 2 aliphatic rings. The van der Waals surface area contributed by atoms with Crippen LogP contribution in [0.25, 0.3) is 0 Å². The van der Waals surface area contributed by atoms with Gasteiger partial charge in [0.1, 0.15) is 0 Å². The zero-order valence-electron chi connectivity index (χ0n) is 14.7. The Morgan fingerprint density at radius 3 is 2.58 bits per heavy atom. The molecule has 0 heterocycles. The highest BCUT2D eigenvalue weighted by molar-refractivity contribution is 7.98. The van der Waals surface area contributed by atoms with Crippen LogP contribution in [0.3, 0.4) is 0 Å². The fraction of sp³-hybridized carbons (Fsp3) is 0.650. The van der Waals surface area contributed by atoms with Gasteiger partial charge in [-0.25, -0.2) is 0 Å². The highest BCUT2D eigenvalue weighted by atomic mass is 32.2. The Morgan fingerprint density at radius 2 is 1.96 bits per heavy atom. The normalized spacial score (nSPS) is 23.9. The van der Waals surface area contributed by atoms with Crippen molar-refractivity contribution in [2.24, 2.45) is 17.6 Å². The topological polar surface area (TPSA) is 46.3 Å². The standard InChI is InChI=1S/C20H30N2OS/c1-24-19-4-2-3-15(13-19)11-12-22(20(23)17-7-8-17)18-9-5-16(14-21)6-10-18/h2-4,13,16-18H,5-12,14,21H2,1H3. The molecule has 0 atom stereocenters.